The van der Waals surface area contributed by atoms with Gasteiger partial charge in [0.05, 0.1) is 17.0 Å². The van der Waals surface area contributed by atoms with Crippen molar-refractivity contribution in [2.75, 3.05) is 5.32 Å². The fourth-order valence-electron chi connectivity index (χ4n) is 3.40. The van der Waals surface area contributed by atoms with E-state index in [4.69, 9.17) is 16.3 Å². The Hall–Kier alpha value is -3.12. The van der Waals surface area contributed by atoms with E-state index in [2.05, 4.69) is 20.5 Å². The van der Waals surface area contributed by atoms with Crippen molar-refractivity contribution < 1.29 is 32.2 Å². The number of anilines is 1. The lowest BCUT2D eigenvalue weighted by atomic mass is 10.1. The molecule has 176 valence electrons. The zero-order valence-corrected chi connectivity index (χ0v) is 18.1. The van der Waals surface area contributed by atoms with Gasteiger partial charge < -0.3 is 19.7 Å². The summed E-state index contributed by atoms with van der Waals surface area (Å²) in [6.07, 6.45) is -5.90. The van der Waals surface area contributed by atoms with Gasteiger partial charge >= 0.3 is 6.18 Å². The Morgan fingerprint density at radius 1 is 1.42 bits per heavy atom. The largest absolute Gasteiger partial charge is 0.480 e. The number of H-pyrrole nitrogens is 1. The molecule has 0 aliphatic carbocycles. The van der Waals surface area contributed by atoms with E-state index < -0.39 is 41.4 Å². The predicted molar refractivity (Wildman–Crippen MR) is 110 cm³/mol. The summed E-state index contributed by atoms with van der Waals surface area (Å²) in [5.74, 6) is -2.03. The summed E-state index contributed by atoms with van der Waals surface area (Å²) in [5.41, 5.74) is -0.0760. The minimum atomic E-state index is -4.73. The van der Waals surface area contributed by atoms with Crippen LogP contribution in [0.2, 0.25) is 5.15 Å². The molecule has 0 fully saturated rings. The summed E-state index contributed by atoms with van der Waals surface area (Å²) in [6.45, 7) is 2.79. The van der Waals surface area contributed by atoms with Gasteiger partial charge in [0.2, 0.25) is 0 Å². The topological polar surface area (TPSA) is 105 Å². The number of nitrogens with one attached hydrogen (secondary N) is 2. The Bertz CT molecular complexity index is 1200. The van der Waals surface area contributed by atoms with Gasteiger partial charge in [-0.05, 0) is 32.4 Å². The average Bonchev–Trinajstić information content (AvgIpc) is 3.40. The number of carbonyl (C=O) groups excluding carboxylic acids is 1. The maximum Gasteiger partial charge on any atom is 0.425 e. The van der Waals surface area contributed by atoms with Crippen LogP contribution in [0.3, 0.4) is 0 Å². The number of fused-ring (bicyclic) bond motifs is 1. The van der Waals surface area contributed by atoms with Crippen molar-refractivity contribution >= 4 is 23.2 Å². The van der Waals surface area contributed by atoms with E-state index in [9.17, 15) is 23.1 Å². The average molecular weight is 488 g/mol. The quantitative estimate of drug-likeness (QED) is 0.463. The lowest BCUT2D eigenvalue weighted by molar-refractivity contribution is -0.189. The number of amides is 1. The van der Waals surface area contributed by atoms with Gasteiger partial charge in [-0.1, -0.05) is 11.6 Å². The number of hydrogen-bond acceptors (Lipinski definition) is 5. The minimum absolute atomic E-state index is 0.0739. The van der Waals surface area contributed by atoms with Crippen LogP contribution >= 0.6 is 11.6 Å². The highest BCUT2D eigenvalue weighted by atomic mass is 35.5. The molecule has 33 heavy (non-hydrogen) atoms. The first-order chi connectivity index (χ1) is 15.5. The summed E-state index contributed by atoms with van der Waals surface area (Å²) < 4.78 is 61.2. The van der Waals surface area contributed by atoms with Gasteiger partial charge in [0.15, 0.2) is 11.3 Å². The number of hydrogen-bond donors (Lipinski definition) is 3. The Balaban J connectivity index is 1.76. The minimum Gasteiger partial charge on any atom is -0.480 e. The molecular weight excluding hydrogens is 470 g/mol. The molecular formula is C20H18ClF4N5O3. The van der Waals surface area contributed by atoms with Crippen molar-refractivity contribution in [2.24, 2.45) is 0 Å². The highest BCUT2D eigenvalue weighted by molar-refractivity contribution is 6.33. The van der Waals surface area contributed by atoms with Crippen molar-refractivity contribution in [3.8, 4) is 17.0 Å². The molecule has 4 rings (SSSR count). The number of rotatable bonds is 5. The first-order valence-corrected chi connectivity index (χ1v) is 10.2. The second-order valence-electron chi connectivity index (χ2n) is 7.58. The lowest BCUT2D eigenvalue weighted by Gasteiger charge is -2.20. The predicted octanol–water partition coefficient (Wildman–Crippen LogP) is 4.39. The molecule has 2 aromatic heterocycles. The van der Waals surface area contributed by atoms with Gasteiger partial charge in [-0.3, -0.25) is 9.89 Å². The Labute approximate surface area is 189 Å². The molecule has 0 saturated carbocycles. The van der Waals surface area contributed by atoms with Crippen LogP contribution in [-0.4, -0.2) is 43.0 Å². The number of ether oxygens (including phenoxy) is 1. The van der Waals surface area contributed by atoms with Crippen LogP contribution in [0.25, 0.3) is 11.3 Å². The summed E-state index contributed by atoms with van der Waals surface area (Å²) >= 11 is 5.90. The molecule has 3 aromatic rings. The molecule has 0 spiro atoms. The van der Waals surface area contributed by atoms with E-state index in [0.717, 1.165) is 19.1 Å². The van der Waals surface area contributed by atoms with Crippen molar-refractivity contribution in [3.05, 3.63) is 46.4 Å². The highest BCUT2D eigenvalue weighted by Gasteiger charge is 2.39. The third-order valence-electron chi connectivity index (χ3n) is 5.25. The number of alkyl halides is 3. The van der Waals surface area contributed by atoms with E-state index in [1.54, 1.807) is 11.5 Å². The molecule has 3 heterocycles. The summed E-state index contributed by atoms with van der Waals surface area (Å²) in [5, 5.41) is 18.5. The molecule has 1 aliphatic heterocycles. The van der Waals surface area contributed by atoms with Crippen LogP contribution in [-0.2, 0) is 6.54 Å². The lowest BCUT2D eigenvalue weighted by Crippen LogP contribution is -2.32. The van der Waals surface area contributed by atoms with Crippen molar-refractivity contribution in [2.45, 2.75) is 45.2 Å². The Morgan fingerprint density at radius 3 is 2.76 bits per heavy atom. The van der Waals surface area contributed by atoms with Crippen LogP contribution in [0, 0.1) is 12.7 Å². The van der Waals surface area contributed by atoms with Crippen LogP contribution in [0.1, 0.15) is 41.3 Å². The number of aromatic amines is 1. The number of aliphatic hydroxyl groups is 1. The van der Waals surface area contributed by atoms with E-state index in [1.165, 1.54) is 6.20 Å². The smallest absolute Gasteiger partial charge is 0.425 e. The van der Waals surface area contributed by atoms with Crippen molar-refractivity contribution in [1.82, 2.24) is 19.7 Å². The second kappa shape index (κ2) is 8.34. The summed E-state index contributed by atoms with van der Waals surface area (Å²) in [7, 11) is 0. The molecule has 1 amide bonds. The number of carbonyl (C=O) groups is 1. The third-order valence-corrected chi connectivity index (χ3v) is 5.52. The standard InChI is InChI=1S/C20H18ClF4N5O3/c1-8-16(17(21)29-28-8)27-19(32)11-5-12(22)10(6-15(11)33-9(2)20(23,24)25)13-7-30-4-3-14(31)18(30)26-13/h5-7,9,14,31H,3-4H2,1-2H3,(H,27,32)(H,28,29)/t9-,14-/m0/s1. The number of imidazole rings is 1. The number of aliphatic hydroxyl groups excluding tert-OH is 1. The molecule has 1 aromatic carbocycles. The van der Waals surface area contributed by atoms with E-state index in [1.807, 2.05) is 0 Å². The molecule has 0 radical (unpaired) electrons. The van der Waals surface area contributed by atoms with Crippen LogP contribution < -0.4 is 10.1 Å². The fraction of sp³-hybridized carbons (Fsp3) is 0.350. The van der Waals surface area contributed by atoms with Gasteiger partial charge in [-0.2, -0.15) is 18.3 Å². The van der Waals surface area contributed by atoms with Gasteiger partial charge in [0.25, 0.3) is 5.91 Å². The molecule has 0 saturated heterocycles. The first kappa shape index (κ1) is 23.1. The van der Waals surface area contributed by atoms with E-state index in [0.29, 0.717) is 24.5 Å². The number of aryl methyl sites for hydroxylation is 2. The normalized spacial score (nSPS) is 16.5. The van der Waals surface area contributed by atoms with Gasteiger partial charge in [0, 0.05) is 18.3 Å². The summed E-state index contributed by atoms with van der Waals surface area (Å²) in [6, 6.07) is 1.76. The highest BCUT2D eigenvalue weighted by Crippen LogP contribution is 2.36. The van der Waals surface area contributed by atoms with Crippen molar-refractivity contribution in [3.63, 3.8) is 0 Å². The van der Waals surface area contributed by atoms with Crippen LogP contribution in [0.5, 0.6) is 5.75 Å². The second-order valence-corrected chi connectivity index (χ2v) is 7.94. The monoisotopic (exact) mass is 487 g/mol. The van der Waals surface area contributed by atoms with Crippen LogP contribution in [0.15, 0.2) is 18.3 Å². The van der Waals surface area contributed by atoms with E-state index in [-0.39, 0.29) is 22.1 Å². The van der Waals surface area contributed by atoms with Crippen LogP contribution in [0.4, 0.5) is 23.2 Å². The molecule has 0 unspecified atom stereocenters. The number of halogens is 5. The zero-order chi connectivity index (χ0) is 24.1. The summed E-state index contributed by atoms with van der Waals surface area (Å²) in [4.78, 5) is 17.0. The number of nitrogens with zero attached hydrogens (tertiary/aromatic N) is 3. The maximum atomic E-state index is 15.0. The maximum absolute atomic E-state index is 15.0. The first-order valence-electron chi connectivity index (χ1n) is 9.80. The Kier molecular flexibility index (Phi) is 5.83. The fourth-order valence-corrected chi connectivity index (χ4v) is 3.63. The SMILES string of the molecule is Cc1[nH]nc(Cl)c1NC(=O)c1cc(F)c(-c2cn3c(n2)[C@@H](O)CC3)cc1O[C@@H](C)C(F)(F)F. The molecule has 0 bridgehead atoms. The molecule has 13 heteroatoms. The van der Waals surface area contributed by atoms with Gasteiger partial charge in [0.1, 0.15) is 29.2 Å². The Morgan fingerprint density at radius 2 is 2.15 bits per heavy atom. The van der Waals surface area contributed by atoms with Crippen molar-refractivity contribution in [1.29, 1.82) is 0 Å². The third kappa shape index (κ3) is 4.40. The van der Waals surface area contributed by atoms with E-state index >= 15 is 4.39 Å². The molecule has 1 aliphatic rings. The van der Waals surface area contributed by atoms with Gasteiger partial charge in [-0.15, -0.1) is 0 Å². The zero-order valence-electron chi connectivity index (χ0n) is 17.3. The molecule has 3 N–H and O–H groups in total. The number of benzene rings is 1. The number of aromatic nitrogens is 4. The molecule has 8 nitrogen and oxygen atoms in total. The van der Waals surface area contributed by atoms with Gasteiger partial charge in [-0.25, -0.2) is 9.37 Å². The molecule has 2 atom stereocenters.